The predicted octanol–water partition coefficient (Wildman–Crippen LogP) is 17.6. The van der Waals surface area contributed by atoms with Crippen LogP contribution in [0.4, 0.5) is 34.1 Å². The lowest BCUT2D eigenvalue weighted by Gasteiger charge is -2.29. The van der Waals surface area contributed by atoms with Crippen LogP contribution in [0.2, 0.25) is 0 Å². The smallest absolute Gasteiger partial charge is 0.159 e. The first-order valence-electron chi connectivity index (χ1n) is 21.8. The Labute approximate surface area is 367 Å². The summed E-state index contributed by atoms with van der Waals surface area (Å²) in [5.41, 5.74) is 9.72. The summed E-state index contributed by atoms with van der Waals surface area (Å²) >= 11 is 0. The van der Waals surface area contributed by atoms with Crippen LogP contribution < -0.4 is 9.80 Å². The van der Waals surface area contributed by atoms with E-state index in [2.05, 4.69) is 228 Å². The van der Waals surface area contributed by atoms with Gasteiger partial charge in [0.05, 0.1) is 22.7 Å². The largest absolute Gasteiger partial charge is 0.454 e. The van der Waals surface area contributed by atoms with Gasteiger partial charge in [-0.25, -0.2) is 0 Å². The molecule has 0 radical (unpaired) electrons. The molecule has 12 aromatic carbocycles. The second-order valence-corrected chi connectivity index (χ2v) is 16.8. The predicted molar refractivity (Wildman–Crippen MR) is 269 cm³/mol. The third-order valence-corrected chi connectivity index (χ3v) is 13.3. The lowest BCUT2D eigenvalue weighted by atomic mass is 9.91. The highest BCUT2D eigenvalue weighted by Crippen LogP contribution is 2.51. The number of anilines is 6. The first-order valence-corrected chi connectivity index (χ1v) is 21.8. The summed E-state index contributed by atoms with van der Waals surface area (Å²) < 4.78 is 13.8. The van der Waals surface area contributed by atoms with Crippen LogP contribution in [0.25, 0.3) is 97.7 Å². The summed E-state index contributed by atoms with van der Waals surface area (Å²) in [6.07, 6.45) is 0. The van der Waals surface area contributed by atoms with Gasteiger partial charge in [0.25, 0.3) is 0 Å². The van der Waals surface area contributed by atoms with Crippen molar-refractivity contribution >= 4 is 132 Å². The SMILES string of the molecule is c1ccc(N(c2ccc3ccc4c(N(c5ccccc5)c5cccc6c5oc5ccc7ccccc7c56)ccc5ccc2c3c54)c2cccc3c2oc2ccc4ccccc4c23)cc1. The maximum atomic E-state index is 6.88. The van der Waals surface area contributed by atoms with Crippen molar-refractivity contribution in [2.24, 2.45) is 0 Å². The Bertz CT molecular complexity index is 3880. The van der Waals surface area contributed by atoms with Crippen molar-refractivity contribution in [1.29, 1.82) is 0 Å². The topological polar surface area (TPSA) is 32.8 Å². The fourth-order valence-electron chi connectivity index (χ4n) is 10.6. The number of furan rings is 2. The molecule has 14 rings (SSSR count). The lowest BCUT2D eigenvalue weighted by Crippen LogP contribution is -2.11. The molecular weight excluding hydrogens is 781 g/mol. The van der Waals surface area contributed by atoms with Crippen molar-refractivity contribution in [3.05, 3.63) is 218 Å². The van der Waals surface area contributed by atoms with Gasteiger partial charge in [-0.2, -0.15) is 0 Å². The maximum absolute atomic E-state index is 6.88. The van der Waals surface area contributed by atoms with E-state index < -0.39 is 0 Å². The Morgan fingerprint density at radius 2 is 0.625 bits per heavy atom. The first-order chi connectivity index (χ1) is 31.8. The van der Waals surface area contributed by atoms with E-state index in [1.165, 1.54) is 43.1 Å². The molecule has 0 aliphatic carbocycles. The number of benzene rings is 12. The van der Waals surface area contributed by atoms with E-state index in [0.29, 0.717) is 0 Å². The quantitative estimate of drug-likeness (QED) is 0.157. The van der Waals surface area contributed by atoms with Gasteiger partial charge in [-0.05, 0) is 104 Å². The number of hydrogen-bond acceptors (Lipinski definition) is 4. The Morgan fingerprint density at radius 1 is 0.234 bits per heavy atom. The summed E-state index contributed by atoms with van der Waals surface area (Å²) in [5.74, 6) is 0. The van der Waals surface area contributed by atoms with E-state index in [0.717, 1.165) is 88.8 Å². The molecule has 64 heavy (non-hydrogen) atoms. The van der Waals surface area contributed by atoms with Crippen molar-refractivity contribution in [2.45, 2.75) is 0 Å². The second-order valence-electron chi connectivity index (χ2n) is 16.8. The first kappa shape index (κ1) is 35.0. The van der Waals surface area contributed by atoms with E-state index in [1.807, 2.05) is 0 Å². The molecule has 298 valence electrons. The van der Waals surface area contributed by atoms with Gasteiger partial charge in [-0.15, -0.1) is 0 Å². The molecule has 4 heteroatoms. The van der Waals surface area contributed by atoms with Crippen LogP contribution in [0.3, 0.4) is 0 Å². The molecular formula is C60H36N2O2. The molecule has 2 aromatic heterocycles. The van der Waals surface area contributed by atoms with Gasteiger partial charge in [0, 0.05) is 43.7 Å². The lowest BCUT2D eigenvalue weighted by molar-refractivity contribution is 0.669. The number of rotatable bonds is 6. The molecule has 14 aromatic rings. The number of hydrogen-bond donors (Lipinski definition) is 0. The highest BCUT2D eigenvalue weighted by atomic mass is 16.3. The van der Waals surface area contributed by atoms with E-state index in [4.69, 9.17) is 8.83 Å². The van der Waals surface area contributed by atoms with Crippen molar-refractivity contribution < 1.29 is 8.83 Å². The van der Waals surface area contributed by atoms with Gasteiger partial charge in [0.1, 0.15) is 11.2 Å². The Kier molecular flexibility index (Phi) is 7.36. The molecule has 0 N–H and O–H groups in total. The normalized spacial score (nSPS) is 12.1. The van der Waals surface area contributed by atoms with Crippen LogP contribution in [-0.4, -0.2) is 0 Å². The minimum atomic E-state index is 0.858. The highest BCUT2D eigenvalue weighted by molar-refractivity contribution is 6.29. The second kappa shape index (κ2) is 13.4. The third kappa shape index (κ3) is 4.99. The van der Waals surface area contributed by atoms with Crippen LogP contribution in [0.5, 0.6) is 0 Å². The zero-order valence-corrected chi connectivity index (χ0v) is 34.5. The Morgan fingerprint density at radius 3 is 1.09 bits per heavy atom. The zero-order valence-electron chi connectivity index (χ0n) is 34.5. The van der Waals surface area contributed by atoms with E-state index in [9.17, 15) is 0 Å². The van der Waals surface area contributed by atoms with Gasteiger partial charge in [0.2, 0.25) is 0 Å². The third-order valence-electron chi connectivity index (χ3n) is 13.3. The number of nitrogens with zero attached hydrogens (tertiary/aromatic N) is 2. The summed E-state index contributed by atoms with van der Waals surface area (Å²) in [7, 11) is 0. The van der Waals surface area contributed by atoms with Gasteiger partial charge >= 0.3 is 0 Å². The van der Waals surface area contributed by atoms with Crippen LogP contribution in [0.15, 0.2) is 227 Å². The Balaban J connectivity index is 1.02. The van der Waals surface area contributed by atoms with Crippen molar-refractivity contribution in [2.75, 3.05) is 9.80 Å². The summed E-state index contributed by atoms with van der Waals surface area (Å²) in [6, 6.07) is 78.4. The minimum Gasteiger partial charge on any atom is -0.454 e. The summed E-state index contributed by atoms with van der Waals surface area (Å²) in [5, 5.41) is 16.4. The van der Waals surface area contributed by atoms with Crippen molar-refractivity contribution in [3.63, 3.8) is 0 Å². The standard InChI is InChI=1S/C60H36N2O2/c1-3-15-41(16-4-1)61(51-23-11-21-47-57-43-19-9-7-13-37(43)29-35-53(57)63-59(47)51)49-33-27-39-26-32-46-50(34-28-40-25-31-45(49)55(39)56(40)46)62(42-17-5-2-6-18-42)52-24-12-22-48-58-44-20-10-8-14-38(44)30-36-54(58)64-60(48)52/h1-36H. The van der Waals surface area contributed by atoms with Crippen LogP contribution in [-0.2, 0) is 0 Å². The van der Waals surface area contributed by atoms with Gasteiger partial charge in [-0.3, -0.25) is 0 Å². The van der Waals surface area contributed by atoms with Crippen LogP contribution in [0.1, 0.15) is 0 Å². The molecule has 4 nitrogen and oxygen atoms in total. The molecule has 0 aliphatic heterocycles. The number of fused-ring (bicyclic) bond motifs is 10. The molecule has 0 spiro atoms. The Hall–Kier alpha value is -8.60. The fraction of sp³-hybridized carbons (Fsp3) is 0. The molecule has 0 saturated heterocycles. The van der Waals surface area contributed by atoms with E-state index in [-0.39, 0.29) is 0 Å². The van der Waals surface area contributed by atoms with Gasteiger partial charge < -0.3 is 18.6 Å². The molecule has 0 aliphatic rings. The van der Waals surface area contributed by atoms with Crippen molar-refractivity contribution in [1.82, 2.24) is 0 Å². The van der Waals surface area contributed by atoms with Gasteiger partial charge in [0.15, 0.2) is 11.2 Å². The molecule has 0 unspecified atom stereocenters. The maximum Gasteiger partial charge on any atom is 0.159 e. The molecule has 0 atom stereocenters. The van der Waals surface area contributed by atoms with Gasteiger partial charge in [-0.1, -0.05) is 158 Å². The van der Waals surface area contributed by atoms with E-state index in [1.54, 1.807) is 0 Å². The van der Waals surface area contributed by atoms with E-state index >= 15 is 0 Å². The molecule has 0 bridgehead atoms. The minimum absolute atomic E-state index is 0.858. The fourth-order valence-corrected chi connectivity index (χ4v) is 10.6. The average Bonchev–Trinajstić information content (AvgIpc) is 3.95. The summed E-state index contributed by atoms with van der Waals surface area (Å²) in [4.78, 5) is 4.75. The molecule has 0 saturated carbocycles. The molecule has 0 fully saturated rings. The summed E-state index contributed by atoms with van der Waals surface area (Å²) in [6.45, 7) is 0. The zero-order chi connectivity index (χ0) is 41.9. The highest BCUT2D eigenvalue weighted by Gasteiger charge is 2.26. The van der Waals surface area contributed by atoms with Crippen LogP contribution in [0, 0.1) is 0 Å². The van der Waals surface area contributed by atoms with Crippen molar-refractivity contribution in [3.8, 4) is 0 Å². The molecule has 2 heterocycles. The number of para-hydroxylation sites is 4. The van der Waals surface area contributed by atoms with Crippen LogP contribution >= 0.6 is 0 Å². The molecule has 0 amide bonds. The monoisotopic (exact) mass is 816 g/mol. The average molecular weight is 817 g/mol.